The molecular weight excluding hydrogens is 234 g/mol. The van der Waals surface area contributed by atoms with E-state index in [-0.39, 0.29) is 5.97 Å². The van der Waals surface area contributed by atoms with E-state index >= 15 is 0 Å². The van der Waals surface area contributed by atoms with Crippen molar-refractivity contribution in [3.8, 4) is 12.3 Å². The second-order valence-corrected chi connectivity index (χ2v) is 4.93. The van der Waals surface area contributed by atoms with Crippen molar-refractivity contribution >= 4 is 27.5 Å². The van der Waals surface area contributed by atoms with Crippen LogP contribution in [0.15, 0.2) is 12.1 Å². The Balaban J connectivity index is 2.55. The third kappa shape index (κ3) is 2.06. The molecule has 0 spiro atoms. The summed E-state index contributed by atoms with van der Waals surface area (Å²) in [6, 6.07) is 3.89. The standard InChI is InChI=1S/C13H13NO2S/c1-4-6-14-10-7-9(3)17-12(10)8-11(14)13(15)16-5-2/h1,7-8H,5-6H2,2-3H3. The maximum Gasteiger partial charge on any atom is 0.355 e. The monoisotopic (exact) mass is 247 g/mol. The summed E-state index contributed by atoms with van der Waals surface area (Å²) in [5.74, 6) is 2.25. The van der Waals surface area contributed by atoms with Gasteiger partial charge in [-0.3, -0.25) is 0 Å². The lowest BCUT2D eigenvalue weighted by molar-refractivity contribution is 0.0515. The number of nitrogens with zero attached hydrogens (tertiary/aromatic N) is 1. The number of esters is 1. The van der Waals surface area contributed by atoms with Gasteiger partial charge in [-0.15, -0.1) is 17.8 Å². The quantitative estimate of drug-likeness (QED) is 0.617. The van der Waals surface area contributed by atoms with Gasteiger partial charge in [-0.05, 0) is 26.0 Å². The van der Waals surface area contributed by atoms with Gasteiger partial charge in [-0.2, -0.15) is 0 Å². The largest absolute Gasteiger partial charge is 0.461 e. The first-order chi connectivity index (χ1) is 8.17. The number of hydrogen-bond donors (Lipinski definition) is 0. The molecule has 0 aromatic carbocycles. The summed E-state index contributed by atoms with van der Waals surface area (Å²) in [6.45, 7) is 4.58. The highest BCUT2D eigenvalue weighted by molar-refractivity contribution is 7.19. The van der Waals surface area contributed by atoms with Gasteiger partial charge in [0.1, 0.15) is 5.69 Å². The average Bonchev–Trinajstić information content (AvgIpc) is 2.77. The van der Waals surface area contributed by atoms with Crippen molar-refractivity contribution in [1.82, 2.24) is 4.57 Å². The Bertz CT molecular complexity index is 601. The van der Waals surface area contributed by atoms with Gasteiger partial charge in [0, 0.05) is 4.88 Å². The molecule has 2 rings (SSSR count). The van der Waals surface area contributed by atoms with E-state index < -0.39 is 0 Å². The van der Waals surface area contributed by atoms with Gasteiger partial charge in [0.15, 0.2) is 0 Å². The molecule has 2 aromatic rings. The summed E-state index contributed by atoms with van der Waals surface area (Å²) in [4.78, 5) is 13.0. The molecule has 0 saturated carbocycles. The first-order valence-electron chi connectivity index (χ1n) is 5.37. The number of hydrogen-bond acceptors (Lipinski definition) is 3. The van der Waals surface area contributed by atoms with E-state index in [9.17, 15) is 4.79 Å². The summed E-state index contributed by atoms with van der Waals surface area (Å²) in [5, 5.41) is 0. The Morgan fingerprint density at radius 1 is 1.59 bits per heavy atom. The molecule has 4 heteroatoms. The van der Waals surface area contributed by atoms with E-state index in [2.05, 4.69) is 5.92 Å². The third-order valence-electron chi connectivity index (χ3n) is 2.45. The number of aromatic nitrogens is 1. The summed E-state index contributed by atoms with van der Waals surface area (Å²) >= 11 is 1.65. The molecule has 0 atom stereocenters. The van der Waals surface area contributed by atoms with Crippen LogP contribution in [0.2, 0.25) is 0 Å². The number of fused-ring (bicyclic) bond motifs is 1. The van der Waals surface area contributed by atoms with Crippen molar-refractivity contribution in [2.24, 2.45) is 0 Å². The van der Waals surface area contributed by atoms with Crippen LogP contribution in [-0.2, 0) is 11.3 Å². The summed E-state index contributed by atoms with van der Waals surface area (Å²) in [5.41, 5.74) is 1.54. The molecule has 3 nitrogen and oxygen atoms in total. The second-order valence-electron chi connectivity index (χ2n) is 3.65. The molecule has 0 saturated heterocycles. The lowest BCUT2D eigenvalue weighted by atomic mass is 10.4. The van der Waals surface area contributed by atoms with Crippen molar-refractivity contribution < 1.29 is 9.53 Å². The predicted octanol–water partition coefficient (Wildman–Crippen LogP) is 2.82. The summed E-state index contributed by atoms with van der Waals surface area (Å²) in [6.07, 6.45) is 5.34. The average molecular weight is 247 g/mol. The van der Waals surface area contributed by atoms with Crippen LogP contribution in [0.25, 0.3) is 10.2 Å². The lowest BCUT2D eigenvalue weighted by Crippen LogP contribution is -2.11. The van der Waals surface area contributed by atoms with E-state index in [1.807, 2.05) is 23.6 Å². The van der Waals surface area contributed by atoms with Gasteiger partial charge in [0.05, 0.1) is 23.4 Å². The van der Waals surface area contributed by atoms with Gasteiger partial charge >= 0.3 is 5.97 Å². The van der Waals surface area contributed by atoms with E-state index in [0.29, 0.717) is 18.8 Å². The van der Waals surface area contributed by atoms with Crippen LogP contribution in [0.4, 0.5) is 0 Å². The summed E-state index contributed by atoms with van der Waals surface area (Å²) in [7, 11) is 0. The van der Waals surface area contributed by atoms with E-state index in [1.54, 1.807) is 18.3 Å². The number of thiophene rings is 1. The van der Waals surface area contributed by atoms with Crippen LogP contribution < -0.4 is 0 Å². The van der Waals surface area contributed by atoms with Gasteiger partial charge in [-0.1, -0.05) is 5.92 Å². The van der Waals surface area contributed by atoms with Crippen molar-refractivity contribution in [3.05, 3.63) is 22.7 Å². The molecule has 2 heterocycles. The smallest absolute Gasteiger partial charge is 0.355 e. The van der Waals surface area contributed by atoms with Crippen LogP contribution in [-0.4, -0.2) is 17.1 Å². The van der Waals surface area contributed by atoms with Crippen LogP contribution in [0, 0.1) is 19.3 Å². The molecule has 17 heavy (non-hydrogen) atoms. The number of carbonyl (C=O) groups is 1. The van der Waals surface area contributed by atoms with Crippen LogP contribution in [0.5, 0.6) is 0 Å². The Hall–Kier alpha value is -1.73. The molecule has 0 fully saturated rings. The normalized spacial score (nSPS) is 10.4. The second kappa shape index (κ2) is 4.64. The SMILES string of the molecule is C#CCn1c(C(=O)OCC)cc2sc(C)cc21. The molecule has 0 unspecified atom stereocenters. The molecule has 2 aromatic heterocycles. The number of rotatable bonds is 3. The van der Waals surface area contributed by atoms with Gasteiger partial charge < -0.3 is 9.30 Å². The van der Waals surface area contributed by atoms with Crippen LogP contribution >= 0.6 is 11.3 Å². The number of ether oxygens (including phenoxy) is 1. The number of aryl methyl sites for hydroxylation is 1. The van der Waals surface area contributed by atoms with Gasteiger partial charge in [0.2, 0.25) is 0 Å². The molecular formula is C13H13NO2S. The van der Waals surface area contributed by atoms with Crippen molar-refractivity contribution in [2.75, 3.05) is 6.61 Å². The highest BCUT2D eigenvalue weighted by atomic mass is 32.1. The minimum atomic E-state index is -0.316. The highest BCUT2D eigenvalue weighted by Gasteiger charge is 2.17. The van der Waals surface area contributed by atoms with E-state index in [4.69, 9.17) is 11.2 Å². The highest BCUT2D eigenvalue weighted by Crippen LogP contribution is 2.28. The summed E-state index contributed by atoms with van der Waals surface area (Å²) < 4.78 is 7.92. The third-order valence-corrected chi connectivity index (χ3v) is 3.43. The van der Waals surface area contributed by atoms with E-state index in [0.717, 1.165) is 10.2 Å². The van der Waals surface area contributed by atoms with Crippen molar-refractivity contribution in [2.45, 2.75) is 20.4 Å². The molecule has 0 N–H and O–H groups in total. The van der Waals surface area contributed by atoms with Gasteiger partial charge in [-0.25, -0.2) is 4.79 Å². The van der Waals surface area contributed by atoms with E-state index in [1.165, 1.54) is 4.88 Å². The fourth-order valence-corrected chi connectivity index (χ4v) is 2.76. The maximum absolute atomic E-state index is 11.8. The fourth-order valence-electron chi connectivity index (χ4n) is 1.80. The molecule has 0 aliphatic rings. The Morgan fingerprint density at radius 3 is 3.00 bits per heavy atom. The first-order valence-corrected chi connectivity index (χ1v) is 6.19. The topological polar surface area (TPSA) is 31.2 Å². The Labute approximate surface area is 104 Å². The minimum absolute atomic E-state index is 0.316. The zero-order chi connectivity index (χ0) is 12.4. The first kappa shape index (κ1) is 11.7. The maximum atomic E-state index is 11.8. The zero-order valence-corrected chi connectivity index (χ0v) is 10.6. The number of terminal acetylenes is 1. The van der Waals surface area contributed by atoms with Crippen molar-refractivity contribution in [1.29, 1.82) is 0 Å². The van der Waals surface area contributed by atoms with Crippen LogP contribution in [0.1, 0.15) is 22.3 Å². The predicted molar refractivity (Wildman–Crippen MR) is 69.3 cm³/mol. The molecule has 0 bridgehead atoms. The lowest BCUT2D eigenvalue weighted by Gasteiger charge is -2.05. The zero-order valence-electron chi connectivity index (χ0n) is 9.82. The van der Waals surface area contributed by atoms with Crippen molar-refractivity contribution in [3.63, 3.8) is 0 Å². The molecule has 0 aliphatic carbocycles. The molecule has 88 valence electrons. The number of carbonyl (C=O) groups excluding carboxylic acids is 1. The Morgan fingerprint density at radius 2 is 2.35 bits per heavy atom. The molecule has 0 radical (unpaired) electrons. The Kier molecular flexibility index (Phi) is 3.21. The fraction of sp³-hybridized carbons (Fsp3) is 0.308. The van der Waals surface area contributed by atoms with Gasteiger partial charge in [0.25, 0.3) is 0 Å². The van der Waals surface area contributed by atoms with Crippen LogP contribution in [0.3, 0.4) is 0 Å². The molecule has 0 amide bonds. The molecule has 0 aliphatic heterocycles. The minimum Gasteiger partial charge on any atom is -0.461 e.